The summed E-state index contributed by atoms with van der Waals surface area (Å²) in [6.07, 6.45) is 2.23. The van der Waals surface area contributed by atoms with Gasteiger partial charge in [-0.25, -0.2) is 0 Å². The fourth-order valence-corrected chi connectivity index (χ4v) is 2.25. The first-order chi connectivity index (χ1) is 11.9. The Labute approximate surface area is 145 Å². The SMILES string of the molecule is CCc1ccc(NC(=O)/C(C#N)=C/c2ccc(C)c([N+](=O)[O-])c2)cc1. The van der Waals surface area contributed by atoms with Crippen LogP contribution in [0.5, 0.6) is 0 Å². The number of nitrogens with one attached hydrogen (secondary N) is 1. The van der Waals surface area contributed by atoms with Crippen molar-refractivity contribution in [2.45, 2.75) is 20.3 Å². The van der Waals surface area contributed by atoms with Crippen molar-refractivity contribution in [1.82, 2.24) is 0 Å². The topological polar surface area (TPSA) is 96.0 Å². The zero-order chi connectivity index (χ0) is 18.4. The van der Waals surface area contributed by atoms with Gasteiger partial charge in [0.25, 0.3) is 11.6 Å². The molecule has 2 aromatic carbocycles. The molecular weight excluding hydrogens is 318 g/mol. The lowest BCUT2D eigenvalue weighted by Crippen LogP contribution is -2.13. The van der Waals surface area contributed by atoms with E-state index in [0.29, 0.717) is 16.8 Å². The summed E-state index contributed by atoms with van der Waals surface area (Å²) in [5, 5.41) is 22.9. The zero-order valence-electron chi connectivity index (χ0n) is 13.9. The third-order valence-electron chi connectivity index (χ3n) is 3.73. The lowest BCUT2D eigenvalue weighted by Gasteiger charge is -2.05. The summed E-state index contributed by atoms with van der Waals surface area (Å²) in [5.41, 5.74) is 2.48. The molecule has 2 aromatic rings. The summed E-state index contributed by atoms with van der Waals surface area (Å²) in [6.45, 7) is 3.66. The average molecular weight is 335 g/mol. The normalized spacial score (nSPS) is 10.8. The maximum atomic E-state index is 12.3. The lowest BCUT2D eigenvalue weighted by molar-refractivity contribution is -0.385. The summed E-state index contributed by atoms with van der Waals surface area (Å²) >= 11 is 0. The summed E-state index contributed by atoms with van der Waals surface area (Å²) < 4.78 is 0. The largest absolute Gasteiger partial charge is 0.321 e. The van der Waals surface area contributed by atoms with Gasteiger partial charge in [0.05, 0.1) is 4.92 Å². The van der Waals surface area contributed by atoms with E-state index in [1.165, 1.54) is 12.1 Å². The highest BCUT2D eigenvalue weighted by atomic mass is 16.6. The van der Waals surface area contributed by atoms with E-state index in [1.54, 1.807) is 31.2 Å². The van der Waals surface area contributed by atoms with Crippen LogP contribution in [0.3, 0.4) is 0 Å². The lowest BCUT2D eigenvalue weighted by atomic mass is 10.1. The molecule has 0 unspecified atom stereocenters. The molecule has 25 heavy (non-hydrogen) atoms. The predicted molar refractivity (Wildman–Crippen MR) is 95.9 cm³/mol. The quantitative estimate of drug-likeness (QED) is 0.386. The Balaban J connectivity index is 2.24. The molecule has 1 amide bonds. The molecule has 0 fully saturated rings. The monoisotopic (exact) mass is 335 g/mol. The first kappa shape index (κ1) is 17.9. The maximum absolute atomic E-state index is 12.3. The number of carbonyl (C=O) groups excluding carboxylic acids is 1. The van der Waals surface area contributed by atoms with Crippen LogP contribution in [0.1, 0.15) is 23.6 Å². The molecule has 1 N–H and O–H groups in total. The van der Waals surface area contributed by atoms with E-state index in [-0.39, 0.29) is 11.3 Å². The summed E-state index contributed by atoms with van der Waals surface area (Å²) in [5.74, 6) is -0.560. The van der Waals surface area contributed by atoms with Gasteiger partial charge in [-0.15, -0.1) is 0 Å². The first-order valence-electron chi connectivity index (χ1n) is 7.71. The van der Waals surface area contributed by atoms with E-state index in [1.807, 2.05) is 25.1 Å². The van der Waals surface area contributed by atoms with Crippen molar-refractivity contribution in [3.8, 4) is 6.07 Å². The van der Waals surface area contributed by atoms with Crippen LogP contribution in [0.2, 0.25) is 0 Å². The molecule has 0 heterocycles. The molecule has 6 heteroatoms. The van der Waals surface area contributed by atoms with E-state index in [2.05, 4.69) is 5.32 Å². The van der Waals surface area contributed by atoms with Gasteiger partial charge in [-0.1, -0.05) is 31.2 Å². The highest BCUT2D eigenvalue weighted by Gasteiger charge is 2.13. The van der Waals surface area contributed by atoms with E-state index in [4.69, 9.17) is 0 Å². The Bertz CT molecular complexity index is 878. The van der Waals surface area contributed by atoms with Crippen molar-refractivity contribution >= 4 is 23.4 Å². The molecule has 126 valence electrons. The third-order valence-corrected chi connectivity index (χ3v) is 3.73. The maximum Gasteiger partial charge on any atom is 0.272 e. The number of nitro groups is 1. The molecule has 0 spiro atoms. The molecule has 0 radical (unpaired) electrons. The van der Waals surface area contributed by atoms with E-state index < -0.39 is 10.8 Å². The molecule has 0 aliphatic carbocycles. The van der Waals surface area contributed by atoms with Gasteiger partial charge in [-0.3, -0.25) is 14.9 Å². The van der Waals surface area contributed by atoms with Gasteiger partial charge in [0.15, 0.2) is 0 Å². The van der Waals surface area contributed by atoms with E-state index in [0.717, 1.165) is 12.0 Å². The van der Waals surface area contributed by atoms with Crippen LogP contribution >= 0.6 is 0 Å². The number of benzene rings is 2. The number of nitro benzene ring substituents is 1. The molecule has 0 aromatic heterocycles. The van der Waals surface area contributed by atoms with Crippen LogP contribution in [0, 0.1) is 28.4 Å². The third kappa shape index (κ3) is 4.52. The fraction of sp³-hybridized carbons (Fsp3) is 0.158. The Morgan fingerprint density at radius 3 is 2.52 bits per heavy atom. The van der Waals surface area contributed by atoms with Crippen molar-refractivity contribution < 1.29 is 9.72 Å². The molecule has 2 rings (SSSR count). The minimum absolute atomic E-state index is 0.0541. The standard InChI is InChI=1S/C19H17N3O3/c1-3-14-6-8-17(9-7-14)21-19(23)16(12-20)10-15-5-4-13(2)18(11-15)22(24)25/h4-11H,3H2,1-2H3,(H,21,23)/b16-10+. The number of nitriles is 1. The van der Waals surface area contributed by atoms with Crippen molar-refractivity contribution in [1.29, 1.82) is 5.26 Å². The number of rotatable bonds is 5. The van der Waals surface area contributed by atoms with Gasteiger partial charge in [-0.2, -0.15) is 5.26 Å². The summed E-state index contributed by atoms with van der Waals surface area (Å²) in [6, 6.07) is 13.7. The van der Waals surface area contributed by atoms with E-state index >= 15 is 0 Å². The van der Waals surface area contributed by atoms with Crippen molar-refractivity contribution in [3.05, 3.63) is 74.8 Å². The molecule has 6 nitrogen and oxygen atoms in total. The van der Waals surface area contributed by atoms with Gasteiger partial charge in [0.1, 0.15) is 11.6 Å². The summed E-state index contributed by atoms with van der Waals surface area (Å²) in [7, 11) is 0. The Morgan fingerprint density at radius 1 is 1.28 bits per heavy atom. The van der Waals surface area contributed by atoms with E-state index in [9.17, 15) is 20.2 Å². The second-order valence-electron chi connectivity index (χ2n) is 5.48. The highest BCUT2D eigenvalue weighted by molar-refractivity contribution is 6.09. The number of hydrogen-bond acceptors (Lipinski definition) is 4. The van der Waals surface area contributed by atoms with Gasteiger partial charge in [0.2, 0.25) is 0 Å². The zero-order valence-corrected chi connectivity index (χ0v) is 13.9. The number of hydrogen-bond donors (Lipinski definition) is 1. The number of amides is 1. The molecule has 0 atom stereocenters. The Kier molecular flexibility index (Phi) is 5.64. The minimum Gasteiger partial charge on any atom is -0.321 e. The second kappa shape index (κ2) is 7.88. The fourth-order valence-electron chi connectivity index (χ4n) is 2.25. The molecular formula is C19H17N3O3. The number of carbonyl (C=O) groups is 1. The van der Waals surface area contributed by atoms with Crippen LogP contribution in [0.25, 0.3) is 6.08 Å². The van der Waals surface area contributed by atoms with Crippen LogP contribution in [0.15, 0.2) is 48.0 Å². The van der Waals surface area contributed by atoms with Crippen LogP contribution in [-0.2, 0) is 11.2 Å². The molecule has 0 saturated carbocycles. The van der Waals surface area contributed by atoms with Crippen LogP contribution in [0.4, 0.5) is 11.4 Å². The van der Waals surface area contributed by atoms with Gasteiger partial charge >= 0.3 is 0 Å². The Morgan fingerprint density at radius 2 is 1.96 bits per heavy atom. The van der Waals surface area contributed by atoms with Gasteiger partial charge in [-0.05, 0) is 42.7 Å². The first-order valence-corrected chi connectivity index (χ1v) is 7.71. The predicted octanol–water partition coefficient (Wildman–Crippen LogP) is 4.01. The smallest absolute Gasteiger partial charge is 0.272 e. The summed E-state index contributed by atoms with van der Waals surface area (Å²) in [4.78, 5) is 22.8. The second-order valence-corrected chi connectivity index (χ2v) is 5.48. The minimum atomic E-state index is -0.560. The molecule has 0 aliphatic heterocycles. The number of aryl methyl sites for hydroxylation is 2. The van der Waals surface area contributed by atoms with Gasteiger partial charge in [0, 0.05) is 17.3 Å². The number of anilines is 1. The average Bonchev–Trinajstić information content (AvgIpc) is 2.61. The Hall–Kier alpha value is -3.46. The highest BCUT2D eigenvalue weighted by Crippen LogP contribution is 2.21. The van der Waals surface area contributed by atoms with Crippen molar-refractivity contribution in [3.63, 3.8) is 0 Å². The molecule has 0 bridgehead atoms. The molecule has 0 saturated heterocycles. The van der Waals surface area contributed by atoms with Crippen LogP contribution in [-0.4, -0.2) is 10.8 Å². The van der Waals surface area contributed by atoms with Crippen molar-refractivity contribution in [2.24, 2.45) is 0 Å². The van der Waals surface area contributed by atoms with Gasteiger partial charge < -0.3 is 5.32 Å². The van der Waals surface area contributed by atoms with Crippen molar-refractivity contribution in [2.75, 3.05) is 5.32 Å². The van der Waals surface area contributed by atoms with Crippen LogP contribution < -0.4 is 5.32 Å². The molecule has 0 aliphatic rings. The number of nitrogens with zero attached hydrogens (tertiary/aromatic N) is 2.